The summed E-state index contributed by atoms with van der Waals surface area (Å²) in [6.07, 6.45) is 4.63. The lowest BCUT2D eigenvalue weighted by molar-refractivity contribution is -0.131. The van der Waals surface area contributed by atoms with Crippen LogP contribution in [0, 0.1) is 0 Å². The number of fused-ring (bicyclic) bond motifs is 1. The van der Waals surface area contributed by atoms with Crippen LogP contribution in [0.2, 0.25) is 0 Å². The molecular weight excluding hydrogens is 440 g/mol. The monoisotopic (exact) mass is 474 g/mol. The number of aryl methyl sites for hydroxylation is 2. The first-order valence-electron chi connectivity index (χ1n) is 12.6. The average molecular weight is 475 g/mol. The zero-order valence-electron chi connectivity index (χ0n) is 20.7. The van der Waals surface area contributed by atoms with Gasteiger partial charge in [0.2, 0.25) is 17.7 Å². The van der Waals surface area contributed by atoms with E-state index in [1.54, 1.807) is 4.90 Å². The predicted octanol–water partition coefficient (Wildman–Crippen LogP) is 2.52. The molecule has 7 heteroatoms. The molecule has 1 aliphatic carbocycles. The number of carbonyl (C=O) groups excluding carboxylic acids is 3. The van der Waals surface area contributed by atoms with Crippen molar-refractivity contribution in [2.45, 2.75) is 69.6 Å². The second kappa shape index (κ2) is 9.46. The maximum absolute atomic E-state index is 13.8. The fourth-order valence-corrected chi connectivity index (χ4v) is 5.67. The van der Waals surface area contributed by atoms with E-state index < -0.39 is 12.1 Å². The molecule has 0 saturated carbocycles. The second-order valence-electron chi connectivity index (χ2n) is 10.2. The van der Waals surface area contributed by atoms with Crippen LogP contribution in [0.15, 0.2) is 42.5 Å². The summed E-state index contributed by atoms with van der Waals surface area (Å²) in [6.45, 7) is 1.82. The molecule has 2 N–H and O–H groups in total. The van der Waals surface area contributed by atoms with Crippen molar-refractivity contribution in [3.63, 3.8) is 0 Å². The van der Waals surface area contributed by atoms with Crippen molar-refractivity contribution in [1.29, 1.82) is 0 Å². The first-order chi connectivity index (χ1) is 16.8. The highest BCUT2D eigenvalue weighted by Crippen LogP contribution is 2.39. The minimum absolute atomic E-state index is 0.0471. The summed E-state index contributed by atoms with van der Waals surface area (Å²) in [7, 11) is 3.68. The normalized spacial score (nSPS) is 23.8. The molecule has 3 amide bonds. The Balaban J connectivity index is 1.41. The lowest BCUT2D eigenvalue weighted by Gasteiger charge is -2.31. The highest BCUT2D eigenvalue weighted by Gasteiger charge is 2.44. The second-order valence-corrected chi connectivity index (χ2v) is 10.2. The zero-order chi connectivity index (χ0) is 24.7. The minimum Gasteiger partial charge on any atom is -0.347 e. The first kappa shape index (κ1) is 23.5. The van der Waals surface area contributed by atoms with Gasteiger partial charge in [-0.3, -0.25) is 24.2 Å². The third-order valence-corrected chi connectivity index (χ3v) is 7.87. The van der Waals surface area contributed by atoms with Crippen LogP contribution in [0.3, 0.4) is 0 Å². The first-order valence-corrected chi connectivity index (χ1v) is 12.6. The summed E-state index contributed by atoms with van der Waals surface area (Å²) in [6, 6.07) is 12.6. The van der Waals surface area contributed by atoms with E-state index >= 15 is 0 Å². The number of hydrogen-bond donors (Lipinski definition) is 2. The van der Waals surface area contributed by atoms with Crippen LogP contribution in [0.25, 0.3) is 0 Å². The summed E-state index contributed by atoms with van der Waals surface area (Å²) in [5.74, 6) is -0.508. The summed E-state index contributed by atoms with van der Waals surface area (Å²) in [5.41, 5.74) is 5.40. The molecule has 2 aromatic carbocycles. The Morgan fingerprint density at radius 1 is 0.943 bits per heavy atom. The van der Waals surface area contributed by atoms with Crippen molar-refractivity contribution in [2.75, 3.05) is 19.0 Å². The van der Waals surface area contributed by atoms with Crippen LogP contribution >= 0.6 is 0 Å². The number of rotatable bonds is 5. The highest BCUT2D eigenvalue weighted by atomic mass is 16.2. The van der Waals surface area contributed by atoms with Crippen LogP contribution in [-0.2, 0) is 33.6 Å². The third-order valence-electron chi connectivity index (χ3n) is 7.87. The van der Waals surface area contributed by atoms with Crippen LogP contribution in [0.5, 0.6) is 0 Å². The number of nitrogens with one attached hydrogen (secondary N) is 2. The summed E-state index contributed by atoms with van der Waals surface area (Å²) in [4.78, 5) is 43.8. The van der Waals surface area contributed by atoms with Crippen molar-refractivity contribution >= 4 is 23.4 Å². The molecule has 0 radical (unpaired) electrons. The molecule has 2 heterocycles. The van der Waals surface area contributed by atoms with Crippen LogP contribution in [0.4, 0.5) is 5.69 Å². The largest absolute Gasteiger partial charge is 0.347 e. The molecule has 184 valence electrons. The number of amides is 3. The van der Waals surface area contributed by atoms with Gasteiger partial charge in [-0.25, -0.2) is 0 Å². The lowest BCUT2D eigenvalue weighted by Crippen LogP contribution is -2.56. The van der Waals surface area contributed by atoms with Gasteiger partial charge in [-0.15, -0.1) is 0 Å². The molecular formula is C28H34N4O3. The van der Waals surface area contributed by atoms with E-state index in [1.807, 2.05) is 56.3 Å². The van der Waals surface area contributed by atoms with Crippen LogP contribution < -0.4 is 15.5 Å². The van der Waals surface area contributed by atoms with E-state index in [0.717, 1.165) is 36.1 Å². The van der Waals surface area contributed by atoms with Gasteiger partial charge in [0.05, 0.1) is 17.8 Å². The van der Waals surface area contributed by atoms with E-state index in [0.29, 0.717) is 19.3 Å². The van der Waals surface area contributed by atoms with E-state index in [9.17, 15) is 14.4 Å². The van der Waals surface area contributed by atoms with Crippen molar-refractivity contribution in [3.05, 3.63) is 64.7 Å². The molecule has 2 aliphatic heterocycles. The fourth-order valence-electron chi connectivity index (χ4n) is 5.67. The van der Waals surface area contributed by atoms with E-state index in [2.05, 4.69) is 22.8 Å². The maximum atomic E-state index is 13.8. The average Bonchev–Trinajstić information content (AvgIpc) is 3.19. The van der Waals surface area contributed by atoms with Gasteiger partial charge < -0.3 is 10.6 Å². The molecule has 4 atom stereocenters. The Labute approximate surface area is 206 Å². The molecule has 0 saturated heterocycles. The molecule has 0 fully saturated rings. The number of likely N-dealkylation sites (N-methyl/N-ethyl adjacent to an activating group) is 1. The van der Waals surface area contributed by atoms with Crippen LogP contribution in [0.1, 0.15) is 54.5 Å². The van der Waals surface area contributed by atoms with E-state index in [1.165, 1.54) is 11.1 Å². The lowest BCUT2D eigenvalue weighted by atomic mass is 9.87. The summed E-state index contributed by atoms with van der Waals surface area (Å²) in [5, 5.41) is 6.23. The number of anilines is 1. The molecule has 0 bridgehead atoms. The number of hydrogen-bond acceptors (Lipinski definition) is 4. The van der Waals surface area contributed by atoms with Gasteiger partial charge in [-0.05, 0) is 75.4 Å². The molecule has 7 nitrogen and oxygen atoms in total. The van der Waals surface area contributed by atoms with Gasteiger partial charge in [-0.2, -0.15) is 0 Å². The quantitative estimate of drug-likeness (QED) is 0.698. The van der Waals surface area contributed by atoms with Gasteiger partial charge >= 0.3 is 0 Å². The Morgan fingerprint density at radius 2 is 1.69 bits per heavy atom. The van der Waals surface area contributed by atoms with Crippen molar-refractivity contribution in [2.24, 2.45) is 0 Å². The van der Waals surface area contributed by atoms with Crippen LogP contribution in [-0.4, -0.2) is 54.8 Å². The Bertz CT molecular complexity index is 1160. The van der Waals surface area contributed by atoms with E-state index in [4.69, 9.17) is 0 Å². The van der Waals surface area contributed by atoms with E-state index in [-0.39, 0.29) is 29.8 Å². The number of benzene rings is 2. The number of carbonyl (C=O) groups is 3. The molecule has 4 unspecified atom stereocenters. The van der Waals surface area contributed by atoms with Crippen molar-refractivity contribution < 1.29 is 14.4 Å². The molecule has 2 aromatic rings. The predicted molar refractivity (Wildman–Crippen MR) is 135 cm³/mol. The summed E-state index contributed by atoms with van der Waals surface area (Å²) < 4.78 is 0. The Morgan fingerprint density at radius 3 is 2.49 bits per heavy atom. The number of para-hydroxylation sites is 1. The number of nitrogens with zero attached hydrogens (tertiary/aromatic N) is 2. The van der Waals surface area contributed by atoms with Gasteiger partial charge in [-0.1, -0.05) is 42.5 Å². The topological polar surface area (TPSA) is 81.8 Å². The summed E-state index contributed by atoms with van der Waals surface area (Å²) >= 11 is 0. The van der Waals surface area contributed by atoms with Gasteiger partial charge in [0, 0.05) is 6.42 Å². The Hall–Kier alpha value is -3.19. The van der Waals surface area contributed by atoms with Crippen molar-refractivity contribution in [3.8, 4) is 0 Å². The molecule has 5 rings (SSSR count). The Kier molecular flexibility index (Phi) is 6.36. The third kappa shape index (κ3) is 4.33. The zero-order valence-corrected chi connectivity index (χ0v) is 20.7. The standard InChI is InChI=1S/C28H34N4O3/c1-17(31(2)3)26(33)30-23-15-14-19-10-6-11-20-16-24(32(25(19)20)28(23)35)27(34)29-22-13-7-9-18-8-4-5-12-21(18)22/h4-6,8,10-12,17,22-24H,7,9,13-16H2,1-3H3,(H,29,34)(H,30,33). The molecule has 0 spiro atoms. The molecule has 3 aliphatic rings. The molecule has 35 heavy (non-hydrogen) atoms. The highest BCUT2D eigenvalue weighted by molar-refractivity contribution is 6.08. The van der Waals surface area contributed by atoms with Gasteiger partial charge in [0.15, 0.2) is 0 Å². The fraction of sp³-hybridized carbons (Fsp3) is 0.464. The minimum atomic E-state index is -0.658. The smallest absolute Gasteiger partial charge is 0.250 e. The van der Waals surface area contributed by atoms with Crippen molar-refractivity contribution in [1.82, 2.24) is 15.5 Å². The van der Waals surface area contributed by atoms with Gasteiger partial charge in [0.25, 0.3) is 0 Å². The maximum Gasteiger partial charge on any atom is 0.250 e. The molecule has 0 aromatic heterocycles. The SMILES string of the molecule is CC(C(=O)NC1CCc2cccc3c2N(C1=O)C(C(=O)NC1CCCc2ccccc21)C3)N(C)C. The van der Waals surface area contributed by atoms with Gasteiger partial charge in [0.1, 0.15) is 12.1 Å².